The zero-order valence-corrected chi connectivity index (χ0v) is 14.3. The second kappa shape index (κ2) is 6.21. The van der Waals surface area contributed by atoms with Gasteiger partial charge in [0.25, 0.3) is 0 Å². The summed E-state index contributed by atoms with van der Waals surface area (Å²) in [6.07, 6.45) is 11.4. The monoisotopic (exact) mass is 323 g/mol. The van der Waals surface area contributed by atoms with Crippen LogP contribution in [0.15, 0.2) is 42.0 Å². The van der Waals surface area contributed by atoms with E-state index in [4.69, 9.17) is 0 Å². The van der Waals surface area contributed by atoms with E-state index < -0.39 is 0 Å². The van der Waals surface area contributed by atoms with Crippen LogP contribution in [0.1, 0.15) is 36.8 Å². The predicted octanol–water partition coefficient (Wildman–Crippen LogP) is 3.71. The Hall–Kier alpha value is -1.87. The van der Waals surface area contributed by atoms with Crippen molar-refractivity contribution in [3.05, 3.63) is 53.1 Å². The van der Waals surface area contributed by atoms with E-state index >= 15 is 0 Å². The van der Waals surface area contributed by atoms with Crippen LogP contribution >= 0.6 is 0 Å². The van der Waals surface area contributed by atoms with Crippen molar-refractivity contribution in [2.75, 3.05) is 13.7 Å². The summed E-state index contributed by atoms with van der Waals surface area (Å²) in [5, 5.41) is 3.68. The molecule has 4 bridgehead atoms. The molecule has 126 valence electrons. The number of nitrogens with one attached hydrogen (secondary N) is 1. The Balaban J connectivity index is 1.29. The Morgan fingerprint density at radius 2 is 2.17 bits per heavy atom. The highest BCUT2D eigenvalue weighted by Crippen LogP contribution is 2.64. The molecule has 0 aromatic heterocycles. The number of rotatable bonds is 6. The third-order valence-corrected chi connectivity index (χ3v) is 6.04. The fourth-order valence-electron chi connectivity index (χ4n) is 4.98. The van der Waals surface area contributed by atoms with Crippen molar-refractivity contribution in [1.82, 2.24) is 5.32 Å². The van der Waals surface area contributed by atoms with E-state index in [2.05, 4.69) is 28.3 Å². The quantitative estimate of drug-likeness (QED) is 0.493. The van der Waals surface area contributed by atoms with E-state index in [1.165, 1.54) is 44.4 Å². The van der Waals surface area contributed by atoms with Crippen molar-refractivity contribution in [1.29, 1.82) is 0 Å². The highest BCUT2D eigenvalue weighted by molar-refractivity contribution is 5.86. The number of fused-ring (bicyclic) bond motifs is 1. The van der Waals surface area contributed by atoms with Crippen LogP contribution in [0, 0.1) is 17.3 Å². The third-order valence-electron chi connectivity index (χ3n) is 6.04. The molecule has 4 aliphatic rings. The molecule has 2 fully saturated rings. The highest BCUT2D eigenvalue weighted by Gasteiger charge is 2.55. The van der Waals surface area contributed by atoms with Gasteiger partial charge in [-0.3, -0.25) is 0 Å². The molecule has 1 aromatic rings. The van der Waals surface area contributed by atoms with Crippen LogP contribution in [0.5, 0.6) is 0 Å². The standard InChI is InChI=1S/C21H25NO2/c1-24-20(23)9-7-15-2-4-16(5-3-15)13-22-14-21-11-17-6-8-19(21)18(10-17)12-21/h2-5,7-9,17-18,22H,6,10-14H2,1H3/b9-7+. The van der Waals surface area contributed by atoms with Gasteiger partial charge in [0.05, 0.1) is 7.11 Å². The number of carbonyl (C=O) groups excluding carboxylic acids is 1. The number of ether oxygens (including phenoxy) is 1. The van der Waals surface area contributed by atoms with Gasteiger partial charge in [0, 0.05) is 24.6 Å². The molecule has 2 saturated carbocycles. The van der Waals surface area contributed by atoms with Gasteiger partial charge in [0.15, 0.2) is 0 Å². The third kappa shape index (κ3) is 2.82. The maximum Gasteiger partial charge on any atom is 0.330 e. The molecule has 5 rings (SSSR count). The van der Waals surface area contributed by atoms with Crippen molar-refractivity contribution in [3.8, 4) is 0 Å². The van der Waals surface area contributed by atoms with E-state index in [1.54, 1.807) is 11.6 Å². The molecule has 1 N–H and O–H groups in total. The summed E-state index contributed by atoms with van der Waals surface area (Å²) >= 11 is 0. The van der Waals surface area contributed by atoms with Gasteiger partial charge in [0.2, 0.25) is 0 Å². The average molecular weight is 323 g/mol. The summed E-state index contributed by atoms with van der Waals surface area (Å²) < 4.78 is 4.60. The van der Waals surface area contributed by atoms with Crippen LogP contribution < -0.4 is 5.32 Å². The second-order valence-corrected chi connectivity index (χ2v) is 7.58. The zero-order valence-electron chi connectivity index (χ0n) is 14.3. The van der Waals surface area contributed by atoms with Gasteiger partial charge in [0.1, 0.15) is 0 Å². The van der Waals surface area contributed by atoms with Crippen LogP contribution in [0.2, 0.25) is 0 Å². The summed E-state index contributed by atoms with van der Waals surface area (Å²) in [6, 6.07) is 8.33. The lowest BCUT2D eigenvalue weighted by Gasteiger charge is -2.61. The molecule has 0 saturated heterocycles. The minimum atomic E-state index is -0.324. The van der Waals surface area contributed by atoms with Crippen molar-refractivity contribution < 1.29 is 9.53 Å². The molecule has 3 atom stereocenters. The van der Waals surface area contributed by atoms with Gasteiger partial charge in [-0.25, -0.2) is 4.79 Å². The maximum absolute atomic E-state index is 11.1. The van der Waals surface area contributed by atoms with Gasteiger partial charge < -0.3 is 10.1 Å². The summed E-state index contributed by atoms with van der Waals surface area (Å²) in [7, 11) is 1.39. The maximum atomic E-state index is 11.1. The number of methoxy groups -OCH3 is 1. The Kier molecular flexibility index (Phi) is 4.05. The molecule has 3 nitrogen and oxygen atoms in total. The number of esters is 1. The van der Waals surface area contributed by atoms with E-state index in [-0.39, 0.29) is 5.97 Å². The van der Waals surface area contributed by atoms with Crippen molar-refractivity contribution in [2.45, 2.75) is 32.2 Å². The molecule has 0 radical (unpaired) electrons. The first-order valence-electron chi connectivity index (χ1n) is 8.95. The molecule has 0 heterocycles. The number of benzene rings is 1. The molecule has 0 spiro atoms. The lowest BCUT2D eigenvalue weighted by Crippen LogP contribution is -2.54. The predicted molar refractivity (Wildman–Crippen MR) is 95.2 cm³/mol. The first-order chi connectivity index (χ1) is 11.7. The van der Waals surface area contributed by atoms with Crippen LogP contribution in [-0.4, -0.2) is 19.6 Å². The Bertz CT molecular complexity index is 688. The smallest absolute Gasteiger partial charge is 0.330 e. The number of hydrogen-bond acceptors (Lipinski definition) is 3. The molecule has 0 aliphatic heterocycles. The molecular formula is C21H25NO2. The minimum absolute atomic E-state index is 0.324. The van der Waals surface area contributed by atoms with Gasteiger partial charge in [-0.05, 0) is 54.7 Å². The van der Waals surface area contributed by atoms with Crippen LogP contribution in [0.3, 0.4) is 0 Å². The molecule has 24 heavy (non-hydrogen) atoms. The molecule has 3 heteroatoms. The zero-order chi connectivity index (χ0) is 16.6. The normalized spacial score (nSPS) is 30.1. The van der Waals surface area contributed by atoms with Crippen molar-refractivity contribution in [2.24, 2.45) is 17.3 Å². The van der Waals surface area contributed by atoms with E-state index in [0.29, 0.717) is 5.41 Å². The molecule has 1 aromatic carbocycles. The van der Waals surface area contributed by atoms with Gasteiger partial charge in [-0.15, -0.1) is 0 Å². The number of carbonyl (C=O) groups is 1. The molecule has 0 amide bonds. The summed E-state index contributed by atoms with van der Waals surface area (Å²) in [5.41, 5.74) is 4.56. The highest BCUT2D eigenvalue weighted by atomic mass is 16.5. The summed E-state index contributed by atoms with van der Waals surface area (Å²) in [6.45, 7) is 2.03. The van der Waals surface area contributed by atoms with Crippen LogP contribution in [0.4, 0.5) is 0 Å². The number of allylic oxidation sites excluding steroid dienone is 1. The van der Waals surface area contributed by atoms with Gasteiger partial charge >= 0.3 is 5.97 Å². The van der Waals surface area contributed by atoms with Crippen molar-refractivity contribution >= 4 is 12.0 Å². The Labute approximate surface area is 143 Å². The fourth-order valence-corrected chi connectivity index (χ4v) is 4.98. The molecule has 3 unspecified atom stereocenters. The molecule has 4 aliphatic carbocycles. The van der Waals surface area contributed by atoms with Crippen molar-refractivity contribution in [3.63, 3.8) is 0 Å². The Morgan fingerprint density at radius 1 is 1.33 bits per heavy atom. The first kappa shape index (κ1) is 15.6. The second-order valence-electron chi connectivity index (χ2n) is 7.58. The van der Waals surface area contributed by atoms with Crippen LogP contribution in [-0.2, 0) is 16.1 Å². The molecular weight excluding hydrogens is 298 g/mol. The lowest BCUT2D eigenvalue weighted by molar-refractivity contribution is -0.134. The SMILES string of the molecule is COC(=O)/C=C/c1ccc(CNCC23CC4CC=C2C(C4)C3)cc1. The lowest BCUT2D eigenvalue weighted by atomic mass is 9.45. The fraction of sp³-hybridized carbons (Fsp3) is 0.476. The average Bonchev–Trinajstić information content (AvgIpc) is 2.60. The van der Waals surface area contributed by atoms with Gasteiger partial charge in [-0.2, -0.15) is 0 Å². The van der Waals surface area contributed by atoms with Gasteiger partial charge in [-0.1, -0.05) is 35.9 Å². The Morgan fingerprint density at radius 3 is 2.83 bits per heavy atom. The summed E-state index contributed by atoms with van der Waals surface area (Å²) in [5.74, 6) is 1.54. The topological polar surface area (TPSA) is 38.3 Å². The van der Waals surface area contributed by atoms with E-state index in [0.717, 1.165) is 30.5 Å². The largest absolute Gasteiger partial charge is 0.466 e. The van der Waals surface area contributed by atoms with Crippen LogP contribution in [0.25, 0.3) is 6.08 Å². The van der Waals surface area contributed by atoms with E-state index in [9.17, 15) is 4.79 Å². The minimum Gasteiger partial charge on any atom is -0.466 e. The number of hydrogen-bond donors (Lipinski definition) is 1. The first-order valence-corrected chi connectivity index (χ1v) is 8.95. The summed E-state index contributed by atoms with van der Waals surface area (Å²) in [4.78, 5) is 11.1. The van der Waals surface area contributed by atoms with E-state index in [1.807, 2.05) is 12.1 Å².